The van der Waals surface area contributed by atoms with E-state index in [1.54, 1.807) is 14.0 Å². The predicted octanol–water partition coefficient (Wildman–Crippen LogP) is -0.284. The fourth-order valence-corrected chi connectivity index (χ4v) is 1.25. The van der Waals surface area contributed by atoms with E-state index in [-0.39, 0.29) is 5.97 Å². The van der Waals surface area contributed by atoms with Gasteiger partial charge in [0.05, 0.1) is 13.7 Å². The number of nitrogens with one attached hydrogen (secondary N) is 1. The lowest BCUT2D eigenvalue weighted by Gasteiger charge is -2.27. The van der Waals surface area contributed by atoms with Crippen LogP contribution in [-0.4, -0.2) is 64.4 Å². The number of carbonyl (C=O) groups is 1. The lowest BCUT2D eigenvalue weighted by molar-refractivity contribution is -0.150. The summed E-state index contributed by atoms with van der Waals surface area (Å²) in [6.45, 7) is 3.64. The molecule has 0 radical (unpaired) electrons. The third kappa shape index (κ3) is 5.11. The summed E-state index contributed by atoms with van der Waals surface area (Å²) < 4.78 is 9.74. The predicted molar refractivity (Wildman–Crippen MR) is 58.9 cm³/mol. The molecule has 0 aliphatic heterocycles. The molecule has 15 heavy (non-hydrogen) atoms. The summed E-state index contributed by atoms with van der Waals surface area (Å²) in [4.78, 5) is 13.6. The number of hydrogen-bond donors (Lipinski definition) is 1. The first kappa shape index (κ1) is 14.3. The zero-order valence-corrected chi connectivity index (χ0v) is 10.3. The number of rotatable bonds is 7. The summed E-state index contributed by atoms with van der Waals surface area (Å²) in [5.41, 5.74) is -0.764. The molecule has 1 atom stereocenters. The quantitative estimate of drug-likeness (QED) is 0.595. The van der Waals surface area contributed by atoms with E-state index >= 15 is 0 Å². The molecule has 0 rings (SSSR count). The van der Waals surface area contributed by atoms with Crippen molar-refractivity contribution in [3.8, 4) is 0 Å². The van der Waals surface area contributed by atoms with Crippen molar-refractivity contribution in [2.75, 3.05) is 48.0 Å². The Labute approximate surface area is 91.7 Å². The lowest BCUT2D eigenvalue weighted by atomic mass is 10.0. The molecule has 90 valence electrons. The second-order valence-corrected chi connectivity index (χ2v) is 3.99. The van der Waals surface area contributed by atoms with Crippen LogP contribution in [0.15, 0.2) is 0 Å². The SMILES string of the molecule is COCC(C)(NCCN(C)C)C(=O)OC. The number of methoxy groups -OCH3 is 2. The van der Waals surface area contributed by atoms with Crippen LogP contribution in [0.1, 0.15) is 6.92 Å². The number of esters is 1. The van der Waals surface area contributed by atoms with E-state index in [1.165, 1.54) is 7.11 Å². The number of hydrogen-bond acceptors (Lipinski definition) is 5. The van der Waals surface area contributed by atoms with Crippen molar-refractivity contribution in [1.29, 1.82) is 0 Å². The van der Waals surface area contributed by atoms with Gasteiger partial charge in [0.15, 0.2) is 0 Å². The highest BCUT2D eigenvalue weighted by Gasteiger charge is 2.33. The summed E-state index contributed by atoms with van der Waals surface area (Å²) in [5.74, 6) is -0.303. The number of carbonyl (C=O) groups excluding carboxylic acids is 1. The fourth-order valence-electron chi connectivity index (χ4n) is 1.25. The average Bonchev–Trinajstić information content (AvgIpc) is 2.16. The minimum absolute atomic E-state index is 0.299. The molecule has 0 aromatic rings. The van der Waals surface area contributed by atoms with Gasteiger partial charge in [-0.1, -0.05) is 0 Å². The van der Waals surface area contributed by atoms with E-state index in [0.29, 0.717) is 13.2 Å². The van der Waals surface area contributed by atoms with Crippen LogP contribution in [0, 0.1) is 0 Å². The van der Waals surface area contributed by atoms with Gasteiger partial charge in [0.2, 0.25) is 0 Å². The van der Waals surface area contributed by atoms with E-state index in [2.05, 4.69) is 5.32 Å². The first-order valence-corrected chi connectivity index (χ1v) is 4.93. The van der Waals surface area contributed by atoms with Crippen molar-refractivity contribution in [2.24, 2.45) is 0 Å². The van der Waals surface area contributed by atoms with Gasteiger partial charge in [0.25, 0.3) is 0 Å². The van der Waals surface area contributed by atoms with Crippen LogP contribution in [0.25, 0.3) is 0 Å². The molecular weight excluding hydrogens is 196 g/mol. The van der Waals surface area contributed by atoms with Crippen molar-refractivity contribution in [3.05, 3.63) is 0 Å². The monoisotopic (exact) mass is 218 g/mol. The van der Waals surface area contributed by atoms with Gasteiger partial charge in [-0.25, -0.2) is 4.79 Å². The summed E-state index contributed by atoms with van der Waals surface area (Å²) >= 11 is 0. The molecule has 5 nitrogen and oxygen atoms in total. The highest BCUT2D eigenvalue weighted by atomic mass is 16.5. The molecule has 0 aromatic carbocycles. The van der Waals surface area contributed by atoms with E-state index < -0.39 is 5.54 Å². The van der Waals surface area contributed by atoms with Gasteiger partial charge in [0.1, 0.15) is 5.54 Å². The first-order valence-electron chi connectivity index (χ1n) is 4.93. The van der Waals surface area contributed by atoms with E-state index in [1.807, 2.05) is 19.0 Å². The Hall–Kier alpha value is -0.650. The van der Waals surface area contributed by atoms with Crippen LogP contribution < -0.4 is 5.32 Å². The molecule has 1 unspecified atom stereocenters. The molecule has 0 fully saturated rings. The van der Waals surface area contributed by atoms with Gasteiger partial charge in [-0.2, -0.15) is 0 Å². The fraction of sp³-hybridized carbons (Fsp3) is 0.900. The molecular formula is C10H22N2O3. The number of ether oxygens (including phenoxy) is 2. The van der Waals surface area contributed by atoms with Gasteiger partial charge in [-0.05, 0) is 21.0 Å². The largest absolute Gasteiger partial charge is 0.468 e. The van der Waals surface area contributed by atoms with Crippen LogP contribution >= 0.6 is 0 Å². The maximum atomic E-state index is 11.5. The standard InChI is InChI=1S/C10H22N2O3/c1-10(8-14-4,9(13)15-5)11-6-7-12(2)3/h11H,6-8H2,1-5H3. The highest BCUT2D eigenvalue weighted by Crippen LogP contribution is 2.06. The molecule has 0 bridgehead atoms. The van der Waals surface area contributed by atoms with Crippen molar-refractivity contribution in [2.45, 2.75) is 12.5 Å². The summed E-state index contributed by atoms with van der Waals surface area (Å²) in [5, 5.41) is 3.14. The van der Waals surface area contributed by atoms with Crippen molar-refractivity contribution >= 4 is 5.97 Å². The van der Waals surface area contributed by atoms with E-state index in [4.69, 9.17) is 9.47 Å². The van der Waals surface area contributed by atoms with Gasteiger partial charge >= 0.3 is 5.97 Å². The summed E-state index contributed by atoms with van der Waals surface area (Å²) in [6, 6.07) is 0. The molecule has 0 spiro atoms. The zero-order valence-electron chi connectivity index (χ0n) is 10.3. The number of nitrogens with zero attached hydrogens (tertiary/aromatic N) is 1. The minimum atomic E-state index is -0.764. The maximum Gasteiger partial charge on any atom is 0.328 e. The van der Waals surface area contributed by atoms with E-state index in [0.717, 1.165) is 6.54 Å². The topological polar surface area (TPSA) is 50.8 Å². The Bertz CT molecular complexity index is 197. The molecule has 0 aliphatic rings. The van der Waals surface area contributed by atoms with Crippen LogP contribution in [-0.2, 0) is 14.3 Å². The Morgan fingerprint density at radius 1 is 1.40 bits per heavy atom. The third-order valence-electron chi connectivity index (χ3n) is 2.14. The van der Waals surface area contributed by atoms with Gasteiger partial charge in [0, 0.05) is 20.2 Å². The van der Waals surface area contributed by atoms with Gasteiger partial charge in [-0.3, -0.25) is 5.32 Å². The number of likely N-dealkylation sites (N-methyl/N-ethyl adjacent to an activating group) is 1. The van der Waals surface area contributed by atoms with Crippen LogP contribution in [0.2, 0.25) is 0 Å². The van der Waals surface area contributed by atoms with Crippen molar-refractivity contribution < 1.29 is 14.3 Å². The molecule has 0 amide bonds. The molecule has 0 saturated carbocycles. The summed E-state index contributed by atoms with van der Waals surface area (Å²) in [7, 11) is 6.90. The molecule has 0 heterocycles. The molecule has 1 N–H and O–H groups in total. The van der Waals surface area contributed by atoms with Crippen LogP contribution in [0.3, 0.4) is 0 Å². The Morgan fingerprint density at radius 3 is 2.40 bits per heavy atom. The Balaban J connectivity index is 4.19. The van der Waals surface area contributed by atoms with E-state index in [9.17, 15) is 4.79 Å². The molecule has 0 aromatic heterocycles. The second kappa shape index (κ2) is 6.76. The molecule has 0 aliphatic carbocycles. The van der Waals surface area contributed by atoms with Crippen molar-refractivity contribution in [1.82, 2.24) is 10.2 Å². The molecule has 5 heteroatoms. The minimum Gasteiger partial charge on any atom is -0.468 e. The van der Waals surface area contributed by atoms with Gasteiger partial charge in [-0.15, -0.1) is 0 Å². The van der Waals surface area contributed by atoms with Gasteiger partial charge < -0.3 is 14.4 Å². The van der Waals surface area contributed by atoms with Crippen LogP contribution in [0.5, 0.6) is 0 Å². The smallest absolute Gasteiger partial charge is 0.328 e. The third-order valence-corrected chi connectivity index (χ3v) is 2.14. The second-order valence-electron chi connectivity index (χ2n) is 3.99. The maximum absolute atomic E-state index is 11.5. The normalized spacial score (nSPS) is 15.1. The molecule has 0 saturated heterocycles. The highest BCUT2D eigenvalue weighted by molar-refractivity contribution is 5.80. The zero-order chi connectivity index (χ0) is 11.9. The summed E-state index contributed by atoms with van der Waals surface area (Å²) in [6.07, 6.45) is 0. The Kier molecular flexibility index (Phi) is 6.47. The lowest BCUT2D eigenvalue weighted by Crippen LogP contribution is -2.55. The Morgan fingerprint density at radius 2 is 2.00 bits per heavy atom. The average molecular weight is 218 g/mol. The first-order chi connectivity index (χ1) is 6.96. The van der Waals surface area contributed by atoms with Crippen molar-refractivity contribution in [3.63, 3.8) is 0 Å². The van der Waals surface area contributed by atoms with Crippen LogP contribution in [0.4, 0.5) is 0 Å².